The molecule has 0 spiro atoms. The van der Waals surface area contributed by atoms with Crippen LogP contribution in [0.4, 0.5) is 8.78 Å². The Bertz CT molecular complexity index is 1420. The van der Waals surface area contributed by atoms with Gasteiger partial charge in [0.2, 0.25) is 0 Å². The third-order valence-corrected chi connectivity index (χ3v) is 7.66. The number of nitrogens with zero attached hydrogens (tertiary/aromatic N) is 3. The van der Waals surface area contributed by atoms with Crippen molar-refractivity contribution in [2.24, 2.45) is 5.16 Å². The molecule has 4 aromatic rings. The molecule has 6 rings (SSSR count). The van der Waals surface area contributed by atoms with E-state index < -0.39 is 5.60 Å². The normalized spacial score (nSPS) is 18.3. The summed E-state index contributed by atoms with van der Waals surface area (Å²) in [4.78, 5) is 11.8. The summed E-state index contributed by atoms with van der Waals surface area (Å²) in [5.41, 5.74) is 3.83. The summed E-state index contributed by atoms with van der Waals surface area (Å²) < 4.78 is 30.3. The van der Waals surface area contributed by atoms with Gasteiger partial charge in [-0.1, -0.05) is 41.6 Å². The Kier molecular flexibility index (Phi) is 5.93. The number of H-pyrrole nitrogens is 1. The summed E-state index contributed by atoms with van der Waals surface area (Å²) in [6.45, 7) is 2.53. The molecule has 3 heterocycles. The lowest BCUT2D eigenvalue weighted by atomic mass is 9.82. The van der Waals surface area contributed by atoms with Gasteiger partial charge in [0.15, 0.2) is 10.4 Å². The third-order valence-electron chi connectivity index (χ3n) is 7.36. The van der Waals surface area contributed by atoms with E-state index in [0.29, 0.717) is 19.0 Å². The van der Waals surface area contributed by atoms with E-state index in [-0.39, 0.29) is 11.6 Å². The fraction of sp³-hybridized carbons (Fsp3) is 0.286. The molecule has 0 unspecified atom stereocenters. The first-order valence-electron chi connectivity index (χ1n) is 12.2. The molecule has 0 amide bonds. The number of likely N-dealkylation sites (tertiary alicyclic amines) is 1. The van der Waals surface area contributed by atoms with Crippen molar-refractivity contribution in [3.8, 4) is 0 Å². The van der Waals surface area contributed by atoms with Gasteiger partial charge >= 0.3 is 0 Å². The maximum Gasteiger partial charge on any atom is 0.193 e. The summed E-state index contributed by atoms with van der Waals surface area (Å²) in [5.74, 6) is -0.629. The first kappa shape index (κ1) is 23.1. The van der Waals surface area contributed by atoms with Crippen LogP contribution in [0.5, 0.6) is 0 Å². The highest BCUT2D eigenvalue weighted by Gasteiger charge is 2.43. The van der Waals surface area contributed by atoms with Gasteiger partial charge in [-0.3, -0.25) is 4.90 Å². The van der Waals surface area contributed by atoms with Crippen LogP contribution < -0.4 is 0 Å². The highest BCUT2D eigenvalue weighted by atomic mass is 32.1. The third kappa shape index (κ3) is 4.14. The van der Waals surface area contributed by atoms with Crippen LogP contribution in [0.3, 0.4) is 0 Å². The van der Waals surface area contributed by atoms with Crippen molar-refractivity contribution < 1.29 is 13.6 Å². The van der Waals surface area contributed by atoms with Crippen molar-refractivity contribution in [3.05, 3.63) is 100 Å². The lowest BCUT2D eigenvalue weighted by Gasteiger charge is -2.33. The molecule has 36 heavy (non-hydrogen) atoms. The largest absolute Gasteiger partial charge is 0.379 e. The number of hydrogen-bond acceptors (Lipinski definition) is 4. The smallest absolute Gasteiger partial charge is 0.193 e. The Morgan fingerprint density at radius 3 is 2.17 bits per heavy atom. The van der Waals surface area contributed by atoms with E-state index >= 15 is 0 Å². The number of piperidine rings is 1. The fourth-order valence-electron chi connectivity index (χ4n) is 5.52. The van der Waals surface area contributed by atoms with Crippen LogP contribution in [-0.4, -0.2) is 39.8 Å². The molecule has 0 saturated carbocycles. The molecular formula is C28H26F2N4OS. The minimum atomic E-state index is -0.897. The number of oxime groups is 1. The van der Waals surface area contributed by atoms with Crippen molar-refractivity contribution in [2.75, 3.05) is 19.6 Å². The maximum atomic E-state index is 13.6. The average molecular weight is 505 g/mol. The Labute approximate surface area is 213 Å². The van der Waals surface area contributed by atoms with Gasteiger partial charge < -0.3 is 14.4 Å². The van der Waals surface area contributed by atoms with Crippen LogP contribution >= 0.6 is 12.2 Å². The molecule has 1 fully saturated rings. The van der Waals surface area contributed by atoms with Gasteiger partial charge in [0, 0.05) is 43.2 Å². The van der Waals surface area contributed by atoms with Crippen molar-refractivity contribution >= 4 is 29.0 Å². The maximum absolute atomic E-state index is 13.6. The predicted molar refractivity (Wildman–Crippen MR) is 139 cm³/mol. The molecule has 1 aromatic heterocycles. The highest BCUT2D eigenvalue weighted by molar-refractivity contribution is 7.71. The Balaban J connectivity index is 1.17. The fourth-order valence-corrected chi connectivity index (χ4v) is 5.88. The van der Waals surface area contributed by atoms with Gasteiger partial charge in [0.05, 0.1) is 16.7 Å². The average Bonchev–Trinajstić information content (AvgIpc) is 3.46. The minimum Gasteiger partial charge on any atom is -0.379 e. The minimum absolute atomic E-state index is 0.315. The lowest BCUT2D eigenvalue weighted by Crippen LogP contribution is -2.38. The standard InChI is InChI=1S/C28H26F2N4OS/c29-21-9-5-19(6-10-21)28(20-7-11-22(30)12-8-20)17-23(32-35-28)18-33-15-13-24(14-16-33)34-26-4-2-1-3-25(26)31-27(34)36/h1-12,24H,13-18H2,(H,31,36). The quantitative estimate of drug-likeness (QED) is 0.323. The van der Waals surface area contributed by atoms with E-state index in [1.54, 1.807) is 24.3 Å². The van der Waals surface area contributed by atoms with E-state index in [4.69, 9.17) is 17.1 Å². The summed E-state index contributed by atoms with van der Waals surface area (Å²) in [7, 11) is 0. The zero-order valence-electron chi connectivity index (χ0n) is 19.7. The second-order valence-corrected chi connectivity index (χ2v) is 9.98. The van der Waals surface area contributed by atoms with E-state index in [1.165, 1.54) is 24.3 Å². The van der Waals surface area contributed by atoms with Gasteiger partial charge in [0.25, 0.3) is 0 Å². The number of halogens is 2. The number of nitrogens with one attached hydrogen (secondary N) is 1. The highest BCUT2D eigenvalue weighted by Crippen LogP contribution is 2.41. The van der Waals surface area contributed by atoms with Gasteiger partial charge in [-0.25, -0.2) is 8.78 Å². The summed E-state index contributed by atoms with van der Waals surface area (Å²) in [6.07, 6.45) is 2.51. The molecule has 2 aliphatic rings. The van der Waals surface area contributed by atoms with Crippen LogP contribution in [0.1, 0.15) is 36.4 Å². The van der Waals surface area contributed by atoms with Crippen molar-refractivity contribution in [1.82, 2.24) is 14.5 Å². The molecule has 2 aliphatic heterocycles. The summed E-state index contributed by atoms with van der Waals surface area (Å²) in [6, 6.07) is 21.1. The second kappa shape index (κ2) is 9.26. The zero-order valence-corrected chi connectivity index (χ0v) is 20.5. The molecule has 1 saturated heterocycles. The van der Waals surface area contributed by atoms with Crippen LogP contribution in [0.2, 0.25) is 0 Å². The molecule has 8 heteroatoms. The van der Waals surface area contributed by atoms with Crippen LogP contribution in [0.15, 0.2) is 78.0 Å². The molecule has 184 valence electrons. The molecule has 1 N–H and O–H groups in total. The molecular weight excluding hydrogens is 478 g/mol. The van der Waals surface area contributed by atoms with Gasteiger partial charge in [-0.15, -0.1) is 0 Å². The first-order valence-corrected chi connectivity index (χ1v) is 12.6. The topological polar surface area (TPSA) is 45.5 Å². The zero-order chi connectivity index (χ0) is 24.7. The molecule has 3 aromatic carbocycles. The van der Waals surface area contributed by atoms with Gasteiger partial charge in [-0.2, -0.15) is 0 Å². The SMILES string of the molecule is Fc1ccc(C2(c3ccc(F)cc3)CC(CN3CCC(n4c(=S)[nH]c5ccccc54)CC3)=NO2)cc1. The molecule has 5 nitrogen and oxygen atoms in total. The van der Waals surface area contributed by atoms with E-state index in [9.17, 15) is 8.78 Å². The predicted octanol–water partition coefficient (Wildman–Crippen LogP) is 6.33. The Morgan fingerprint density at radius 2 is 1.53 bits per heavy atom. The molecule has 0 radical (unpaired) electrons. The first-order chi connectivity index (χ1) is 17.5. The number of aromatic nitrogens is 2. The van der Waals surface area contributed by atoms with Crippen LogP contribution in [0.25, 0.3) is 11.0 Å². The molecule has 0 aliphatic carbocycles. The lowest BCUT2D eigenvalue weighted by molar-refractivity contribution is 0.0111. The number of aromatic amines is 1. The van der Waals surface area contributed by atoms with E-state index in [2.05, 4.69) is 31.7 Å². The Morgan fingerprint density at radius 1 is 0.917 bits per heavy atom. The number of fused-ring (bicyclic) bond motifs is 1. The molecule has 0 atom stereocenters. The van der Waals surface area contributed by atoms with Crippen molar-refractivity contribution in [3.63, 3.8) is 0 Å². The molecule has 0 bridgehead atoms. The van der Waals surface area contributed by atoms with Gasteiger partial charge in [0.1, 0.15) is 11.6 Å². The number of para-hydroxylation sites is 2. The van der Waals surface area contributed by atoms with Crippen molar-refractivity contribution in [1.29, 1.82) is 0 Å². The summed E-state index contributed by atoms with van der Waals surface area (Å²) >= 11 is 5.62. The van der Waals surface area contributed by atoms with E-state index in [0.717, 1.165) is 58.6 Å². The van der Waals surface area contributed by atoms with E-state index in [1.807, 2.05) is 12.1 Å². The van der Waals surface area contributed by atoms with Gasteiger partial charge in [-0.05, 0) is 61.5 Å². The Hall–Kier alpha value is -3.36. The number of imidazole rings is 1. The number of rotatable bonds is 5. The second-order valence-electron chi connectivity index (χ2n) is 9.59. The van der Waals surface area contributed by atoms with Crippen molar-refractivity contribution in [2.45, 2.75) is 30.9 Å². The number of benzene rings is 3. The summed E-state index contributed by atoms with van der Waals surface area (Å²) in [5, 5.41) is 4.47. The monoisotopic (exact) mass is 504 g/mol. The van der Waals surface area contributed by atoms with Crippen LogP contribution in [0, 0.1) is 16.4 Å². The van der Waals surface area contributed by atoms with Crippen LogP contribution in [-0.2, 0) is 10.4 Å². The number of hydrogen-bond donors (Lipinski definition) is 1.